The zero-order chi connectivity index (χ0) is 18.8. The van der Waals surface area contributed by atoms with Crippen molar-refractivity contribution in [3.8, 4) is 0 Å². The molecule has 1 saturated heterocycles. The van der Waals surface area contributed by atoms with E-state index in [1.54, 1.807) is 23.1 Å². The number of fused-ring (bicyclic) bond motifs is 1. The summed E-state index contributed by atoms with van der Waals surface area (Å²) in [5.74, 6) is -0.192. The van der Waals surface area contributed by atoms with Gasteiger partial charge in [0, 0.05) is 18.5 Å². The lowest BCUT2D eigenvalue weighted by atomic mass is 10.2. The van der Waals surface area contributed by atoms with Gasteiger partial charge in [0.25, 0.3) is 5.56 Å². The highest BCUT2D eigenvalue weighted by atomic mass is 32.1. The molecule has 1 N–H and O–H groups in total. The quantitative estimate of drug-likeness (QED) is 0.687. The van der Waals surface area contributed by atoms with Gasteiger partial charge in [0.05, 0.1) is 12.2 Å². The van der Waals surface area contributed by atoms with Crippen LogP contribution in [0, 0.1) is 0 Å². The van der Waals surface area contributed by atoms with E-state index in [9.17, 15) is 9.59 Å². The Labute approximate surface area is 160 Å². The van der Waals surface area contributed by atoms with Crippen LogP contribution in [-0.4, -0.2) is 49.8 Å². The Morgan fingerprint density at radius 3 is 2.93 bits per heavy atom. The second kappa shape index (κ2) is 7.61. The molecule has 9 heteroatoms. The molecule has 1 fully saturated rings. The van der Waals surface area contributed by atoms with Crippen molar-refractivity contribution in [3.63, 3.8) is 0 Å². The number of hydrogen-bond acceptors (Lipinski definition) is 6. The molecule has 1 unspecified atom stereocenters. The fraction of sp³-hybridized carbons (Fsp3) is 0.444. The SMILES string of the molecule is Cn1ncc2c(=O)n(CC(=O)NCC(c3cccs3)N3CCCC3)cnc21. The van der Waals surface area contributed by atoms with Crippen molar-refractivity contribution in [2.75, 3.05) is 19.6 Å². The van der Waals surface area contributed by atoms with Crippen LogP contribution in [0.1, 0.15) is 23.8 Å². The molecule has 0 aliphatic carbocycles. The highest BCUT2D eigenvalue weighted by molar-refractivity contribution is 7.10. The van der Waals surface area contributed by atoms with Crippen molar-refractivity contribution in [3.05, 3.63) is 45.3 Å². The Morgan fingerprint density at radius 1 is 1.37 bits per heavy atom. The minimum atomic E-state index is -0.252. The van der Waals surface area contributed by atoms with E-state index < -0.39 is 0 Å². The van der Waals surface area contributed by atoms with E-state index >= 15 is 0 Å². The number of nitrogens with one attached hydrogen (secondary N) is 1. The van der Waals surface area contributed by atoms with E-state index in [0.717, 1.165) is 13.1 Å². The molecule has 1 aliphatic rings. The summed E-state index contributed by atoms with van der Waals surface area (Å²) in [6.45, 7) is 2.60. The first-order valence-corrected chi connectivity index (χ1v) is 9.93. The lowest BCUT2D eigenvalue weighted by Gasteiger charge is -2.27. The Hall–Kier alpha value is -2.52. The van der Waals surface area contributed by atoms with E-state index in [0.29, 0.717) is 17.6 Å². The predicted molar refractivity (Wildman–Crippen MR) is 104 cm³/mol. The summed E-state index contributed by atoms with van der Waals surface area (Å²) in [5, 5.41) is 9.52. The number of rotatable bonds is 6. The Kier molecular flexibility index (Phi) is 5.04. The first kappa shape index (κ1) is 17.9. The Balaban J connectivity index is 1.44. The van der Waals surface area contributed by atoms with Gasteiger partial charge in [0.15, 0.2) is 5.65 Å². The van der Waals surface area contributed by atoms with Crippen LogP contribution < -0.4 is 10.9 Å². The zero-order valence-corrected chi connectivity index (χ0v) is 16.0. The molecule has 4 heterocycles. The van der Waals surface area contributed by atoms with Gasteiger partial charge >= 0.3 is 0 Å². The van der Waals surface area contributed by atoms with Gasteiger partial charge in [-0.1, -0.05) is 6.07 Å². The van der Waals surface area contributed by atoms with Crippen LogP contribution in [-0.2, 0) is 18.4 Å². The third kappa shape index (κ3) is 3.65. The molecular formula is C18H22N6O2S. The topological polar surface area (TPSA) is 85.0 Å². The standard InChI is InChI=1S/C18H22N6O2S/c1-22-17-13(9-21-22)18(26)24(12-20-17)11-16(25)19-10-14(15-5-4-8-27-15)23-6-2-3-7-23/h4-5,8-9,12,14H,2-3,6-7,10-11H2,1H3,(H,19,25). The largest absolute Gasteiger partial charge is 0.353 e. The fourth-order valence-electron chi connectivity index (χ4n) is 3.54. The third-order valence-corrected chi connectivity index (χ3v) is 5.95. The Morgan fingerprint density at radius 2 is 2.19 bits per heavy atom. The monoisotopic (exact) mass is 386 g/mol. The van der Waals surface area contributed by atoms with E-state index in [1.807, 2.05) is 6.07 Å². The van der Waals surface area contributed by atoms with Crippen LogP contribution >= 0.6 is 11.3 Å². The molecule has 4 rings (SSSR count). The number of carbonyl (C=O) groups is 1. The van der Waals surface area contributed by atoms with E-state index in [1.165, 1.54) is 34.8 Å². The number of nitrogens with zero attached hydrogens (tertiary/aromatic N) is 5. The molecule has 142 valence electrons. The van der Waals surface area contributed by atoms with Gasteiger partial charge in [-0.25, -0.2) is 4.98 Å². The molecule has 1 atom stereocenters. The van der Waals surface area contributed by atoms with Gasteiger partial charge in [-0.15, -0.1) is 11.3 Å². The van der Waals surface area contributed by atoms with Crippen molar-refractivity contribution < 1.29 is 4.79 Å². The maximum atomic E-state index is 12.5. The molecule has 8 nitrogen and oxygen atoms in total. The van der Waals surface area contributed by atoms with Crippen LogP contribution in [0.4, 0.5) is 0 Å². The van der Waals surface area contributed by atoms with Crippen molar-refractivity contribution in [1.82, 2.24) is 29.5 Å². The summed E-state index contributed by atoms with van der Waals surface area (Å²) < 4.78 is 2.87. The molecular weight excluding hydrogens is 364 g/mol. The predicted octanol–water partition coefficient (Wildman–Crippen LogP) is 1.14. The van der Waals surface area contributed by atoms with Crippen molar-refractivity contribution in [2.45, 2.75) is 25.4 Å². The summed E-state index contributed by atoms with van der Waals surface area (Å²) in [4.78, 5) is 32.9. The highest BCUT2D eigenvalue weighted by Crippen LogP contribution is 2.27. The summed E-state index contributed by atoms with van der Waals surface area (Å²) in [6, 6.07) is 4.34. The smallest absolute Gasteiger partial charge is 0.264 e. The normalized spacial score (nSPS) is 16.0. The molecule has 27 heavy (non-hydrogen) atoms. The van der Waals surface area contributed by atoms with Gasteiger partial charge in [-0.05, 0) is 37.4 Å². The highest BCUT2D eigenvalue weighted by Gasteiger charge is 2.24. The maximum absolute atomic E-state index is 12.5. The first-order chi connectivity index (χ1) is 13.1. The molecule has 0 radical (unpaired) electrons. The van der Waals surface area contributed by atoms with E-state index in [-0.39, 0.29) is 24.1 Å². The third-order valence-electron chi connectivity index (χ3n) is 4.98. The van der Waals surface area contributed by atoms with Crippen LogP contribution in [0.25, 0.3) is 11.0 Å². The number of carbonyl (C=O) groups excluding carboxylic acids is 1. The van der Waals surface area contributed by atoms with Crippen LogP contribution in [0.2, 0.25) is 0 Å². The number of amides is 1. The van der Waals surface area contributed by atoms with Gasteiger partial charge in [-0.2, -0.15) is 5.10 Å². The second-order valence-corrected chi connectivity index (χ2v) is 7.74. The minimum absolute atomic E-state index is 0.0478. The minimum Gasteiger partial charge on any atom is -0.353 e. The molecule has 0 bridgehead atoms. The summed E-state index contributed by atoms with van der Waals surface area (Å²) >= 11 is 1.71. The zero-order valence-electron chi connectivity index (χ0n) is 15.2. The number of aromatic nitrogens is 4. The van der Waals surface area contributed by atoms with Gasteiger partial charge in [-0.3, -0.25) is 23.7 Å². The summed E-state index contributed by atoms with van der Waals surface area (Å²) in [6.07, 6.45) is 5.28. The van der Waals surface area contributed by atoms with E-state index in [2.05, 4.69) is 31.7 Å². The molecule has 1 amide bonds. The van der Waals surface area contributed by atoms with Crippen molar-refractivity contribution >= 4 is 28.3 Å². The molecule has 0 aromatic carbocycles. The molecule has 0 saturated carbocycles. The molecule has 0 spiro atoms. The number of hydrogen-bond donors (Lipinski definition) is 1. The molecule has 3 aromatic rings. The second-order valence-electron chi connectivity index (χ2n) is 6.76. The molecule has 1 aliphatic heterocycles. The maximum Gasteiger partial charge on any atom is 0.264 e. The average molecular weight is 386 g/mol. The number of thiophene rings is 1. The van der Waals surface area contributed by atoms with Gasteiger partial charge in [0.1, 0.15) is 18.3 Å². The number of aryl methyl sites for hydroxylation is 1. The average Bonchev–Trinajstić information content (AvgIpc) is 3.41. The lowest BCUT2D eigenvalue weighted by Crippen LogP contribution is -2.39. The molecule has 3 aromatic heterocycles. The van der Waals surface area contributed by atoms with Gasteiger partial charge < -0.3 is 5.32 Å². The van der Waals surface area contributed by atoms with Crippen LogP contribution in [0.5, 0.6) is 0 Å². The van der Waals surface area contributed by atoms with Crippen molar-refractivity contribution in [2.24, 2.45) is 7.05 Å². The Bertz CT molecular complexity index is 987. The van der Waals surface area contributed by atoms with Crippen LogP contribution in [0.3, 0.4) is 0 Å². The number of likely N-dealkylation sites (tertiary alicyclic amines) is 1. The first-order valence-electron chi connectivity index (χ1n) is 9.05. The fourth-order valence-corrected chi connectivity index (χ4v) is 4.40. The summed E-state index contributed by atoms with van der Waals surface area (Å²) in [5.41, 5.74) is 0.265. The lowest BCUT2D eigenvalue weighted by molar-refractivity contribution is -0.122. The van der Waals surface area contributed by atoms with Crippen LogP contribution in [0.15, 0.2) is 34.8 Å². The summed E-state index contributed by atoms with van der Waals surface area (Å²) in [7, 11) is 1.73. The van der Waals surface area contributed by atoms with E-state index in [4.69, 9.17) is 0 Å². The van der Waals surface area contributed by atoms with Crippen molar-refractivity contribution in [1.29, 1.82) is 0 Å². The van der Waals surface area contributed by atoms with Gasteiger partial charge in [0.2, 0.25) is 5.91 Å².